The van der Waals surface area contributed by atoms with E-state index >= 15 is 0 Å². The van der Waals surface area contributed by atoms with Gasteiger partial charge in [0, 0.05) is 12.3 Å². The van der Waals surface area contributed by atoms with E-state index in [1.807, 2.05) is 11.8 Å². The smallest absolute Gasteiger partial charge is 0.0866 e. The average molecular weight is 156 g/mol. The molecule has 56 valence electrons. The minimum Gasteiger partial charge on any atom is -0.290 e. The highest BCUT2D eigenvalue weighted by Gasteiger charge is 2.06. The molecule has 10 heavy (non-hydrogen) atoms. The Hall–Kier alpha value is -0.200. The van der Waals surface area contributed by atoms with Gasteiger partial charge in [-0.05, 0) is 18.7 Å². The first-order valence-corrected chi connectivity index (χ1v) is 4.76. The van der Waals surface area contributed by atoms with Crippen molar-refractivity contribution in [1.29, 1.82) is 5.26 Å². The van der Waals surface area contributed by atoms with Gasteiger partial charge in [-0.2, -0.15) is 17.0 Å². The average Bonchev–Trinajstić information content (AvgIpc) is 2.17. The summed E-state index contributed by atoms with van der Waals surface area (Å²) in [4.78, 5) is 2.22. The van der Waals surface area contributed by atoms with Crippen molar-refractivity contribution in [1.82, 2.24) is 4.90 Å². The zero-order chi connectivity index (χ0) is 7.23. The Morgan fingerprint density at radius 3 is 3.10 bits per heavy atom. The minimum absolute atomic E-state index is 0.612. The van der Waals surface area contributed by atoms with Gasteiger partial charge in [-0.25, -0.2) is 0 Å². The third kappa shape index (κ3) is 2.59. The maximum absolute atomic E-state index is 8.41. The lowest BCUT2D eigenvalue weighted by molar-refractivity contribution is 0.331. The molecular weight excluding hydrogens is 144 g/mol. The molecule has 0 spiro atoms. The number of hydrogen-bond acceptors (Lipinski definition) is 3. The Labute approximate surface area is 66.2 Å². The van der Waals surface area contributed by atoms with Gasteiger partial charge in [0.25, 0.3) is 0 Å². The van der Waals surface area contributed by atoms with E-state index in [2.05, 4.69) is 11.0 Å². The molecule has 0 aromatic heterocycles. The monoisotopic (exact) mass is 156 g/mol. The van der Waals surface area contributed by atoms with Crippen molar-refractivity contribution in [2.75, 3.05) is 31.1 Å². The Kier molecular flexibility index (Phi) is 3.63. The van der Waals surface area contributed by atoms with Crippen molar-refractivity contribution in [3.8, 4) is 6.07 Å². The molecular formula is C7H12N2S. The van der Waals surface area contributed by atoms with Gasteiger partial charge in [0.15, 0.2) is 0 Å². The first-order valence-electron chi connectivity index (χ1n) is 3.60. The van der Waals surface area contributed by atoms with Crippen LogP contribution in [0.5, 0.6) is 0 Å². The number of hydrogen-bond donors (Lipinski definition) is 0. The standard InChI is InChI=1S/C7H12N2S/c8-2-4-9-3-1-6-10-7-5-9/h1,3-7H2. The van der Waals surface area contributed by atoms with E-state index in [4.69, 9.17) is 5.26 Å². The van der Waals surface area contributed by atoms with Crippen LogP contribution >= 0.6 is 11.8 Å². The van der Waals surface area contributed by atoms with Gasteiger partial charge in [-0.1, -0.05) is 0 Å². The van der Waals surface area contributed by atoms with Crippen LogP contribution in [-0.4, -0.2) is 36.0 Å². The molecule has 1 aliphatic rings. The summed E-state index contributed by atoms with van der Waals surface area (Å²) in [7, 11) is 0. The van der Waals surface area contributed by atoms with Gasteiger partial charge in [-0.3, -0.25) is 4.90 Å². The van der Waals surface area contributed by atoms with Crippen LogP contribution in [0, 0.1) is 11.3 Å². The summed E-state index contributed by atoms with van der Waals surface area (Å²) < 4.78 is 0. The van der Waals surface area contributed by atoms with E-state index in [0.29, 0.717) is 6.54 Å². The van der Waals surface area contributed by atoms with Gasteiger partial charge in [0.05, 0.1) is 12.6 Å². The third-order valence-electron chi connectivity index (χ3n) is 1.61. The molecule has 0 aliphatic carbocycles. The third-order valence-corrected chi connectivity index (χ3v) is 2.66. The topological polar surface area (TPSA) is 27.0 Å². The van der Waals surface area contributed by atoms with Gasteiger partial charge in [0.2, 0.25) is 0 Å². The second-order valence-corrected chi connectivity index (χ2v) is 3.62. The van der Waals surface area contributed by atoms with Crippen LogP contribution in [0.1, 0.15) is 6.42 Å². The molecule has 3 heteroatoms. The minimum atomic E-state index is 0.612. The Morgan fingerprint density at radius 1 is 1.40 bits per heavy atom. The van der Waals surface area contributed by atoms with Gasteiger partial charge in [0.1, 0.15) is 0 Å². The fourth-order valence-corrected chi connectivity index (χ4v) is 1.98. The van der Waals surface area contributed by atoms with Crippen LogP contribution in [0.25, 0.3) is 0 Å². The van der Waals surface area contributed by atoms with E-state index in [0.717, 1.165) is 13.1 Å². The van der Waals surface area contributed by atoms with Crippen molar-refractivity contribution in [2.45, 2.75) is 6.42 Å². The molecule has 0 radical (unpaired) electrons. The quantitative estimate of drug-likeness (QED) is 0.529. The lowest BCUT2D eigenvalue weighted by Gasteiger charge is -2.13. The van der Waals surface area contributed by atoms with Crippen LogP contribution in [-0.2, 0) is 0 Å². The first kappa shape index (κ1) is 7.90. The summed E-state index contributed by atoms with van der Waals surface area (Å²) >= 11 is 1.99. The largest absolute Gasteiger partial charge is 0.290 e. The highest BCUT2D eigenvalue weighted by Crippen LogP contribution is 2.08. The Bertz CT molecular complexity index is 122. The van der Waals surface area contributed by atoms with Crippen molar-refractivity contribution in [3.63, 3.8) is 0 Å². The lowest BCUT2D eigenvalue weighted by Crippen LogP contribution is -2.26. The molecule has 1 fully saturated rings. The summed E-state index contributed by atoms with van der Waals surface area (Å²) in [5, 5.41) is 8.41. The number of nitriles is 1. The second-order valence-electron chi connectivity index (χ2n) is 2.40. The molecule has 1 saturated heterocycles. The Balaban J connectivity index is 2.23. The van der Waals surface area contributed by atoms with Gasteiger partial charge >= 0.3 is 0 Å². The fraction of sp³-hybridized carbons (Fsp3) is 0.857. The number of rotatable bonds is 1. The highest BCUT2D eigenvalue weighted by atomic mass is 32.2. The van der Waals surface area contributed by atoms with E-state index in [-0.39, 0.29) is 0 Å². The van der Waals surface area contributed by atoms with E-state index < -0.39 is 0 Å². The molecule has 2 nitrogen and oxygen atoms in total. The molecule has 1 rings (SSSR count). The summed E-state index contributed by atoms with van der Waals surface area (Å²) in [6, 6.07) is 2.18. The highest BCUT2D eigenvalue weighted by molar-refractivity contribution is 7.99. The predicted octanol–water partition coefficient (Wildman–Crippen LogP) is 0.949. The molecule has 0 unspecified atom stereocenters. The zero-order valence-electron chi connectivity index (χ0n) is 6.05. The van der Waals surface area contributed by atoms with E-state index in [1.165, 1.54) is 17.9 Å². The summed E-state index contributed by atoms with van der Waals surface area (Å²) in [6.45, 7) is 2.82. The first-order chi connectivity index (χ1) is 4.93. The van der Waals surface area contributed by atoms with Crippen LogP contribution in [0.4, 0.5) is 0 Å². The van der Waals surface area contributed by atoms with E-state index in [1.54, 1.807) is 0 Å². The van der Waals surface area contributed by atoms with Crippen LogP contribution in [0.3, 0.4) is 0 Å². The SMILES string of the molecule is N#CCN1CCCSCC1. The van der Waals surface area contributed by atoms with Gasteiger partial charge < -0.3 is 0 Å². The van der Waals surface area contributed by atoms with Crippen LogP contribution in [0.2, 0.25) is 0 Å². The Morgan fingerprint density at radius 2 is 2.30 bits per heavy atom. The molecule has 0 N–H and O–H groups in total. The molecule has 0 aromatic carbocycles. The molecule has 0 atom stereocenters. The molecule has 0 amide bonds. The van der Waals surface area contributed by atoms with Crippen LogP contribution in [0.15, 0.2) is 0 Å². The van der Waals surface area contributed by atoms with Crippen molar-refractivity contribution in [2.24, 2.45) is 0 Å². The van der Waals surface area contributed by atoms with Crippen molar-refractivity contribution < 1.29 is 0 Å². The van der Waals surface area contributed by atoms with Crippen LogP contribution < -0.4 is 0 Å². The zero-order valence-corrected chi connectivity index (χ0v) is 6.86. The molecule has 0 saturated carbocycles. The van der Waals surface area contributed by atoms with E-state index in [9.17, 15) is 0 Å². The predicted molar refractivity (Wildman–Crippen MR) is 44.0 cm³/mol. The molecule has 1 heterocycles. The molecule has 1 aliphatic heterocycles. The maximum Gasteiger partial charge on any atom is 0.0866 e. The maximum atomic E-state index is 8.41. The number of nitrogens with zero attached hydrogens (tertiary/aromatic N) is 2. The fourth-order valence-electron chi connectivity index (χ4n) is 1.06. The molecule has 0 aromatic rings. The number of thioether (sulfide) groups is 1. The molecule has 0 bridgehead atoms. The lowest BCUT2D eigenvalue weighted by atomic mass is 10.4. The normalized spacial score (nSPS) is 21.5. The summed E-state index contributed by atoms with van der Waals surface area (Å²) in [6.07, 6.45) is 1.24. The van der Waals surface area contributed by atoms with Gasteiger partial charge in [-0.15, -0.1) is 0 Å². The second kappa shape index (κ2) is 4.59. The summed E-state index contributed by atoms with van der Waals surface area (Å²) in [5.41, 5.74) is 0. The van der Waals surface area contributed by atoms with Crippen molar-refractivity contribution in [3.05, 3.63) is 0 Å². The van der Waals surface area contributed by atoms with Crippen molar-refractivity contribution >= 4 is 11.8 Å². The summed E-state index contributed by atoms with van der Waals surface area (Å²) in [5.74, 6) is 2.46.